The van der Waals surface area contributed by atoms with Crippen LogP contribution in [0.15, 0.2) is 226 Å². The topological polar surface area (TPSA) is 6.48 Å². The van der Waals surface area contributed by atoms with Crippen molar-refractivity contribution >= 4 is 44.2 Å². The molecule has 8 aromatic carbocycles. The third kappa shape index (κ3) is 7.19. The van der Waals surface area contributed by atoms with Crippen molar-refractivity contribution in [3.05, 3.63) is 229 Å². The highest BCUT2D eigenvalue weighted by Crippen LogP contribution is 2.73. The Bertz CT molecular complexity index is 2190. The van der Waals surface area contributed by atoms with E-state index in [2.05, 4.69) is 244 Å². The summed E-state index contributed by atoms with van der Waals surface area (Å²) in [6.07, 6.45) is 0. The first kappa shape index (κ1) is 35.7. The molecule has 0 unspecified atom stereocenters. The minimum atomic E-state index is -1.91. The van der Waals surface area contributed by atoms with Crippen molar-refractivity contribution in [2.24, 2.45) is 0 Å². The van der Waals surface area contributed by atoms with E-state index in [-0.39, 0.29) is 0 Å². The number of anilines is 6. The maximum atomic E-state index is 2.36. The van der Waals surface area contributed by atoms with Gasteiger partial charge in [0.05, 0.1) is 0 Å². The Hall–Kier alpha value is -6.29. The molecule has 8 rings (SSSR count). The lowest BCUT2D eigenvalue weighted by atomic mass is 10.1. The van der Waals surface area contributed by atoms with Crippen LogP contribution in [-0.4, -0.2) is 0 Å². The zero-order valence-electron chi connectivity index (χ0n) is 31.9. The predicted molar refractivity (Wildman–Crippen MR) is 235 cm³/mol. The highest BCUT2D eigenvalue weighted by molar-refractivity contribution is 8.34. The van der Waals surface area contributed by atoms with E-state index in [4.69, 9.17) is 0 Å². The maximum Gasteiger partial charge on any atom is 0.0462 e. The Labute approximate surface area is 328 Å². The number of nitrogens with zero attached hydrogens (tertiary/aromatic N) is 2. The summed E-state index contributed by atoms with van der Waals surface area (Å²) in [6, 6.07) is 76.0. The second-order valence-electron chi connectivity index (χ2n) is 14.2. The number of rotatable bonds is 10. The van der Waals surface area contributed by atoms with Gasteiger partial charge in [0, 0.05) is 53.7 Å². The number of hydrogen-bond donors (Lipinski definition) is 0. The van der Waals surface area contributed by atoms with Crippen LogP contribution in [-0.2, 0) is 0 Å². The van der Waals surface area contributed by atoms with Gasteiger partial charge in [-0.1, -0.05) is 107 Å². The molecular weight excluding hydrogens is 685 g/mol. The lowest BCUT2D eigenvalue weighted by molar-refractivity contribution is 1.21. The zero-order chi connectivity index (χ0) is 37.8. The molecule has 0 saturated heterocycles. The number of benzene rings is 8. The molecule has 0 radical (unpaired) electrons. The quantitative estimate of drug-likeness (QED) is 0.138. The maximum absolute atomic E-state index is 2.36. The predicted octanol–water partition coefficient (Wildman–Crippen LogP) is 15.2. The van der Waals surface area contributed by atoms with Crippen LogP contribution in [0, 0.1) is 27.7 Å². The summed E-state index contributed by atoms with van der Waals surface area (Å²) in [5.74, 6) is 0. The summed E-state index contributed by atoms with van der Waals surface area (Å²) in [7, 11) is -1.91. The van der Waals surface area contributed by atoms with Gasteiger partial charge in [-0.2, -0.15) is 0 Å². The fraction of sp³-hybridized carbons (Fsp3) is 0.0769. The number of hydrogen-bond acceptors (Lipinski definition) is 2. The third-order valence-corrected chi connectivity index (χ3v) is 14.2. The van der Waals surface area contributed by atoms with Crippen LogP contribution in [0.25, 0.3) is 0 Å². The van der Waals surface area contributed by atoms with Gasteiger partial charge >= 0.3 is 0 Å². The van der Waals surface area contributed by atoms with Crippen LogP contribution in [0.5, 0.6) is 0 Å². The van der Waals surface area contributed by atoms with Crippen molar-refractivity contribution in [1.29, 1.82) is 0 Å². The molecule has 0 aliphatic carbocycles. The van der Waals surface area contributed by atoms with E-state index in [9.17, 15) is 0 Å². The van der Waals surface area contributed by atoms with E-state index >= 15 is 0 Å². The SMILES string of the molecule is Cc1ccc(N(c2ccc(C)cc2)c2ccc(S(c3ccccc3)(c3ccccc3)c3ccc(N(c4ccc(C)cc4)c4ccc(C)cc4)cc3)cc2)cc1. The molecule has 8 aromatic rings. The first-order valence-corrected chi connectivity index (χ1v) is 20.5. The first-order valence-electron chi connectivity index (χ1n) is 18.9. The molecule has 55 heavy (non-hydrogen) atoms. The largest absolute Gasteiger partial charge is 0.311 e. The minimum absolute atomic E-state index is 1.12. The van der Waals surface area contributed by atoms with Crippen molar-refractivity contribution in [3.8, 4) is 0 Å². The van der Waals surface area contributed by atoms with Gasteiger partial charge in [-0.3, -0.25) is 0 Å². The molecule has 0 atom stereocenters. The standard InChI is InChI=1S/C52H46N2S/c1-39-15-23-43(24-16-39)53(44-25-17-40(2)18-26-44)47-31-35-51(36-32-47)55(49-11-7-5-8-12-49,50-13-9-6-10-14-50)52-37-33-48(34-38-52)54(45-27-19-41(3)20-28-45)46-29-21-42(4)22-30-46/h5-38H,1-4H3. The van der Waals surface area contributed by atoms with Crippen molar-refractivity contribution in [1.82, 2.24) is 0 Å². The zero-order valence-corrected chi connectivity index (χ0v) is 32.7. The summed E-state index contributed by atoms with van der Waals surface area (Å²) in [5.41, 5.74) is 11.7. The molecule has 2 nitrogen and oxygen atoms in total. The van der Waals surface area contributed by atoms with Crippen LogP contribution in [0.4, 0.5) is 34.1 Å². The fourth-order valence-electron chi connectivity index (χ4n) is 7.33. The average molecular weight is 731 g/mol. The molecular formula is C52H46N2S. The van der Waals surface area contributed by atoms with Gasteiger partial charge < -0.3 is 9.80 Å². The summed E-state index contributed by atoms with van der Waals surface area (Å²) in [4.78, 5) is 9.86. The highest BCUT2D eigenvalue weighted by Gasteiger charge is 2.33. The molecule has 0 heterocycles. The number of aryl methyl sites for hydroxylation is 4. The van der Waals surface area contributed by atoms with E-state index < -0.39 is 10.0 Å². The molecule has 3 heteroatoms. The molecule has 0 fully saturated rings. The van der Waals surface area contributed by atoms with Crippen LogP contribution in [0.1, 0.15) is 22.3 Å². The molecule has 0 N–H and O–H groups in total. The van der Waals surface area contributed by atoms with Crippen LogP contribution in [0.2, 0.25) is 0 Å². The Morgan fingerprint density at radius 2 is 0.436 bits per heavy atom. The Balaban J connectivity index is 1.29. The Morgan fingerprint density at radius 1 is 0.236 bits per heavy atom. The second-order valence-corrected chi connectivity index (χ2v) is 17.3. The average Bonchev–Trinajstić information content (AvgIpc) is 3.23. The molecule has 0 spiro atoms. The van der Waals surface area contributed by atoms with Gasteiger partial charge in [0.25, 0.3) is 0 Å². The third-order valence-electron chi connectivity index (χ3n) is 10.3. The van der Waals surface area contributed by atoms with E-state index in [1.54, 1.807) is 0 Å². The summed E-state index contributed by atoms with van der Waals surface area (Å²) in [6.45, 7) is 8.55. The van der Waals surface area contributed by atoms with E-state index in [0.717, 1.165) is 34.1 Å². The summed E-state index contributed by atoms with van der Waals surface area (Å²) in [5, 5.41) is 0. The molecule has 0 saturated carbocycles. The normalized spacial score (nSPS) is 11.6. The van der Waals surface area contributed by atoms with E-state index in [1.165, 1.54) is 41.8 Å². The van der Waals surface area contributed by atoms with Crippen molar-refractivity contribution in [3.63, 3.8) is 0 Å². The van der Waals surface area contributed by atoms with Gasteiger partial charge in [-0.25, -0.2) is 0 Å². The van der Waals surface area contributed by atoms with Crippen molar-refractivity contribution in [2.75, 3.05) is 9.80 Å². The van der Waals surface area contributed by atoms with Gasteiger partial charge in [0.15, 0.2) is 0 Å². The van der Waals surface area contributed by atoms with Crippen LogP contribution in [0.3, 0.4) is 0 Å². The second kappa shape index (κ2) is 15.6. The Morgan fingerprint density at radius 3 is 0.673 bits per heavy atom. The molecule has 270 valence electrons. The smallest absolute Gasteiger partial charge is 0.0462 e. The van der Waals surface area contributed by atoms with Gasteiger partial charge in [-0.05, 0) is 149 Å². The Kier molecular flexibility index (Phi) is 10.1. The molecule has 0 aliphatic rings. The van der Waals surface area contributed by atoms with Crippen molar-refractivity contribution in [2.45, 2.75) is 47.3 Å². The van der Waals surface area contributed by atoms with Crippen LogP contribution < -0.4 is 9.80 Å². The fourth-order valence-corrected chi connectivity index (χ4v) is 11.2. The molecule has 0 bridgehead atoms. The highest BCUT2D eigenvalue weighted by atomic mass is 32.3. The molecule has 0 amide bonds. The van der Waals surface area contributed by atoms with E-state index in [1.807, 2.05) is 0 Å². The molecule has 0 aliphatic heterocycles. The lowest BCUT2D eigenvalue weighted by Crippen LogP contribution is -2.11. The molecule has 0 aromatic heterocycles. The van der Waals surface area contributed by atoms with Crippen LogP contribution >= 0.6 is 10.0 Å². The summed E-state index contributed by atoms with van der Waals surface area (Å²) >= 11 is 0. The summed E-state index contributed by atoms with van der Waals surface area (Å²) < 4.78 is 0. The van der Waals surface area contributed by atoms with Crippen molar-refractivity contribution < 1.29 is 0 Å². The van der Waals surface area contributed by atoms with E-state index in [0.29, 0.717) is 0 Å². The first-order chi connectivity index (χ1) is 26.9. The lowest BCUT2D eigenvalue weighted by Gasteiger charge is -2.42. The van der Waals surface area contributed by atoms with Gasteiger partial charge in [-0.15, -0.1) is 10.0 Å². The minimum Gasteiger partial charge on any atom is -0.311 e. The van der Waals surface area contributed by atoms with Gasteiger partial charge in [0.2, 0.25) is 0 Å². The monoisotopic (exact) mass is 730 g/mol. The van der Waals surface area contributed by atoms with Gasteiger partial charge in [0.1, 0.15) is 0 Å².